The van der Waals surface area contributed by atoms with Crippen LogP contribution in [-0.2, 0) is 17.8 Å². The molecule has 0 spiro atoms. The van der Waals surface area contributed by atoms with Crippen LogP contribution in [0.1, 0.15) is 29.7 Å². The van der Waals surface area contributed by atoms with E-state index in [1.807, 2.05) is 6.20 Å². The molecule has 19 heavy (non-hydrogen) atoms. The van der Waals surface area contributed by atoms with Crippen LogP contribution in [0.15, 0.2) is 6.20 Å². The molecule has 7 heteroatoms. The Balaban J connectivity index is 1.71. The molecule has 0 aliphatic heterocycles. The molecule has 0 radical (unpaired) electrons. The Morgan fingerprint density at radius 3 is 2.74 bits per heavy atom. The Labute approximate surface area is 115 Å². The fraction of sp³-hybridized carbons (Fsp3) is 0.583. The largest absolute Gasteiger partial charge is 0.481 e. The minimum atomic E-state index is -0.833. The molecule has 1 aliphatic rings. The lowest BCUT2D eigenvalue weighted by Crippen LogP contribution is -2.40. The van der Waals surface area contributed by atoms with Gasteiger partial charge in [-0.15, -0.1) is 11.3 Å². The first-order valence-corrected chi connectivity index (χ1v) is 7.06. The van der Waals surface area contributed by atoms with E-state index in [9.17, 15) is 9.59 Å². The summed E-state index contributed by atoms with van der Waals surface area (Å²) >= 11 is 1.57. The highest BCUT2D eigenvalue weighted by Crippen LogP contribution is 2.45. The monoisotopic (exact) mass is 283 g/mol. The zero-order valence-electron chi connectivity index (χ0n) is 10.7. The van der Waals surface area contributed by atoms with Gasteiger partial charge in [-0.25, -0.2) is 9.78 Å². The number of hydrogen-bond donors (Lipinski definition) is 3. The molecule has 6 nitrogen and oxygen atoms in total. The average Bonchev–Trinajstić information content (AvgIpc) is 3.06. The molecular formula is C12H17N3O3S. The Kier molecular flexibility index (Phi) is 4.04. The van der Waals surface area contributed by atoms with Crippen molar-refractivity contribution in [3.05, 3.63) is 16.1 Å². The van der Waals surface area contributed by atoms with Gasteiger partial charge in [-0.1, -0.05) is 6.92 Å². The van der Waals surface area contributed by atoms with Gasteiger partial charge in [0.05, 0.1) is 12.0 Å². The fourth-order valence-electron chi connectivity index (χ4n) is 1.68. The molecule has 3 N–H and O–H groups in total. The number of nitrogens with one attached hydrogen (secondary N) is 2. The first-order chi connectivity index (χ1) is 9.05. The lowest BCUT2D eigenvalue weighted by molar-refractivity contribution is -0.143. The van der Waals surface area contributed by atoms with E-state index < -0.39 is 11.4 Å². The number of aliphatic carboxylic acids is 1. The topological polar surface area (TPSA) is 91.3 Å². The summed E-state index contributed by atoms with van der Waals surface area (Å²) in [5.74, 6) is -0.833. The maximum atomic E-state index is 11.6. The van der Waals surface area contributed by atoms with E-state index >= 15 is 0 Å². The third-order valence-electron chi connectivity index (χ3n) is 3.24. The number of nitrogens with zero attached hydrogens (tertiary/aromatic N) is 1. The number of urea groups is 1. The summed E-state index contributed by atoms with van der Waals surface area (Å²) < 4.78 is 0. The molecule has 0 aromatic carbocycles. The number of carboxylic acids is 1. The van der Waals surface area contributed by atoms with E-state index in [1.165, 1.54) is 4.88 Å². The number of rotatable bonds is 6. The van der Waals surface area contributed by atoms with Crippen molar-refractivity contribution in [1.82, 2.24) is 15.6 Å². The summed E-state index contributed by atoms with van der Waals surface area (Å²) in [4.78, 5) is 27.9. The standard InChI is InChI=1S/C12H17N3O3S/c1-2-8-5-13-9(19-8)6-14-11(18)15-7-12(3-4-12)10(16)17/h5H,2-4,6-7H2,1H3,(H,16,17)(H2,14,15,18). The Bertz CT molecular complexity index is 482. The van der Waals surface area contributed by atoms with Crippen LogP contribution in [0.3, 0.4) is 0 Å². The highest BCUT2D eigenvalue weighted by molar-refractivity contribution is 7.11. The third-order valence-corrected chi connectivity index (χ3v) is 4.39. The molecule has 0 atom stereocenters. The van der Waals surface area contributed by atoms with Gasteiger partial charge in [-0.3, -0.25) is 4.79 Å². The van der Waals surface area contributed by atoms with E-state index in [2.05, 4.69) is 22.5 Å². The van der Waals surface area contributed by atoms with Gasteiger partial charge in [-0.05, 0) is 19.3 Å². The SMILES string of the molecule is CCc1cnc(CNC(=O)NCC2(C(=O)O)CC2)s1. The molecule has 0 bridgehead atoms. The van der Waals surface area contributed by atoms with Gasteiger partial charge in [0.1, 0.15) is 5.01 Å². The second-order valence-electron chi connectivity index (χ2n) is 4.70. The van der Waals surface area contributed by atoms with Crippen molar-refractivity contribution in [2.75, 3.05) is 6.54 Å². The molecule has 104 valence electrons. The third kappa shape index (κ3) is 3.44. The summed E-state index contributed by atoms with van der Waals surface area (Å²) in [5.41, 5.74) is -0.728. The van der Waals surface area contributed by atoms with Crippen LogP contribution in [0, 0.1) is 5.41 Å². The van der Waals surface area contributed by atoms with Crippen molar-refractivity contribution in [1.29, 1.82) is 0 Å². The quantitative estimate of drug-likeness (QED) is 0.735. The number of hydrogen-bond acceptors (Lipinski definition) is 4. The second-order valence-corrected chi connectivity index (χ2v) is 5.90. The highest BCUT2D eigenvalue weighted by atomic mass is 32.1. The Morgan fingerprint density at radius 2 is 2.21 bits per heavy atom. The van der Waals surface area contributed by atoms with Crippen molar-refractivity contribution in [3.8, 4) is 0 Å². The number of thiazole rings is 1. The van der Waals surface area contributed by atoms with Crippen molar-refractivity contribution >= 4 is 23.3 Å². The molecule has 1 aromatic heterocycles. The second kappa shape index (κ2) is 5.56. The van der Waals surface area contributed by atoms with E-state index in [1.54, 1.807) is 11.3 Å². The number of amides is 2. The molecule has 0 saturated heterocycles. The van der Waals surface area contributed by atoms with Gasteiger partial charge in [0, 0.05) is 17.6 Å². The maximum Gasteiger partial charge on any atom is 0.315 e. The Hall–Kier alpha value is -1.63. The fourth-order valence-corrected chi connectivity index (χ4v) is 2.48. The number of carboxylic acid groups (broad SMARTS) is 1. The van der Waals surface area contributed by atoms with Gasteiger partial charge < -0.3 is 15.7 Å². The molecular weight excluding hydrogens is 266 g/mol. The van der Waals surface area contributed by atoms with Crippen LogP contribution in [0.2, 0.25) is 0 Å². The van der Waals surface area contributed by atoms with Crippen molar-refractivity contribution < 1.29 is 14.7 Å². The van der Waals surface area contributed by atoms with Gasteiger partial charge in [-0.2, -0.15) is 0 Å². The molecule has 1 heterocycles. The molecule has 2 rings (SSSR count). The van der Waals surface area contributed by atoms with Crippen LogP contribution in [0.4, 0.5) is 4.79 Å². The summed E-state index contributed by atoms with van der Waals surface area (Å²) in [6.45, 7) is 2.61. The van der Waals surface area contributed by atoms with E-state index in [0.29, 0.717) is 19.4 Å². The molecule has 1 aromatic rings. The highest BCUT2D eigenvalue weighted by Gasteiger charge is 2.50. The number of aryl methyl sites for hydroxylation is 1. The minimum absolute atomic E-state index is 0.187. The zero-order chi connectivity index (χ0) is 13.9. The predicted molar refractivity (Wildman–Crippen MR) is 71.0 cm³/mol. The number of carbonyl (C=O) groups is 2. The first-order valence-electron chi connectivity index (χ1n) is 6.24. The van der Waals surface area contributed by atoms with E-state index in [-0.39, 0.29) is 12.6 Å². The number of carbonyl (C=O) groups excluding carboxylic acids is 1. The van der Waals surface area contributed by atoms with Gasteiger partial charge in [0.2, 0.25) is 0 Å². The molecule has 0 unspecified atom stereocenters. The van der Waals surface area contributed by atoms with E-state index in [0.717, 1.165) is 11.4 Å². The predicted octanol–water partition coefficient (Wildman–Crippen LogP) is 1.37. The van der Waals surface area contributed by atoms with Gasteiger partial charge in [0.25, 0.3) is 0 Å². The normalized spacial score (nSPS) is 15.8. The summed E-state index contributed by atoms with van der Waals surface area (Å²) in [5, 5.41) is 15.1. The van der Waals surface area contributed by atoms with Crippen molar-refractivity contribution in [2.24, 2.45) is 5.41 Å². The first kappa shape index (κ1) is 13.8. The van der Waals surface area contributed by atoms with Crippen LogP contribution >= 0.6 is 11.3 Å². The van der Waals surface area contributed by atoms with E-state index in [4.69, 9.17) is 5.11 Å². The number of aromatic nitrogens is 1. The minimum Gasteiger partial charge on any atom is -0.481 e. The van der Waals surface area contributed by atoms with Gasteiger partial charge >= 0.3 is 12.0 Å². The molecule has 1 saturated carbocycles. The van der Waals surface area contributed by atoms with Crippen LogP contribution < -0.4 is 10.6 Å². The zero-order valence-corrected chi connectivity index (χ0v) is 11.5. The lowest BCUT2D eigenvalue weighted by atomic mass is 10.1. The molecule has 1 fully saturated rings. The summed E-state index contributed by atoms with van der Waals surface area (Å²) in [6, 6.07) is -0.347. The van der Waals surface area contributed by atoms with Crippen molar-refractivity contribution in [2.45, 2.75) is 32.7 Å². The summed E-state index contributed by atoms with van der Waals surface area (Å²) in [6.07, 6.45) is 4.01. The smallest absolute Gasteiger partial charge is 0.315 e. The van der Waals surface area contributed by atoms with Crippen LogP contribution in [0.5, 0.6) is 0 Å². The maximum absolute atomic E-state index is 11.6. The van der Waals surface area contributed by atoms with Crippen LogP contribution in [0.25, 0.3) is 0 Å². The van der Waals surface area contributed by atoms with Crippen LogP contribution in [-0.4, -0.2) is 28.6 Å². The van der Waals surface area contributed by atoms with Gasteiger partial charge in [0.15, 0.2) is 0 Å². The van der Waals surface area contributed by atoms with Crippen molar-refractivity contribution in [3.63, 3.8) is 0 Å². The Morgan fingerprint density at radius 1 is 1.47 bits per heavy atom. The molecule has 2 amide bonds. The summed E-state index contributed by atoms with van der Waals surface area (Å²) in [7, 11) is 0. The molecule has 1 aliphatic carbocycles. The average molecular weight is 283 g/mol. The lowest BCUT2D eigenvalue weighted by Gasteiger charge is -2.11.